The van der Waals surface area contributed by atoms with Crippen molar-refractivity contribution in [3.05, 3.63) is 0 Å². The van der Waals surface area contributed by atoms with Gasteiger partial charge in [-0.25, -0.2) is 0 Å². The van der Waals surface area contributed by atoms with Crippen molar-refractivity contribution in [2.24, 2.45) is 5.92 Å². The molecule has 0 atom stereocenters. The van der Waals surface area contributed by atoms with Gasteiger partial charge in [0.25, 0.3) is 0 Å². The first-order chi connectivity index (χ1) is 10.5. The molecule has 0 heterocycles. The van der Waals surface area contributed by atoms with E-state index in [9.17, 15) is 0 Å². The summed E-state index contributed by atoms with van der Waals surface area (Å²) in [4.78, 5) is 0. The summed E-state index contributed by atoms with van der Waals surface area (Å²) < 4.78 is 6.83. The Balaban J connectivity index is 3.34. The van der Waals surface area contributed by atoms with Gasteiger partial charge in [0.1, 0.15) is 0 Å². The summed E-state index contributed by atoms with van der Waals surface area (Å²) in [5.74, 6) is 0.748. The molecule has 2 nitrogen and oxygen atoms in total. The van der Waals surface area contributed by atoms with Gasteiger partial charge in [0.2, 0.25) is 0 Å². The van der Waals surface area contributed by atoms with Crippen LogP contribution < -0.4 is 0 Å². The molecule has 0 rings (SSSR count). The number of hydrogen-bond acceptors (Lipinski definition) is 1. The fraction of sp³-hybridized carbons (Fsp3) is 1.00. The Morgan fingerprint density at radius 2 is 1.27 bits per heavy atom. The van der Waals surface area contributed by atoms with E-state index in [1.807, 2.05) is 0 Å². The smallest absolute Gasteiger partial charge is 0.182 e. The zero-order valence-corrected chi connectivity index (χ0v) is 16.3. The van der Waals surface area contributed by atoms with Gasteiger partial charge in [-0.2, -0.15) is 0 Å². The first-order valence-corrected chi connectivity index (χ1v) is 9.87. The lowest BCUT2D eigenvalue weighted by atomic mass is 10.1. The maximum absolute atomic E-state index is 5.82. The molecule has 0 N–H and O–H groups in total. The number of hydrogen-bond donors (Lipinski definition) is 0. The Kier molecular flexibility index (Phi) is 14.5. The summed E-state index contributed by atoms with van der Waals surface area (Å²) in [7, 11) is 4.59. The number of nitrogens with zero attached hydrogens (tertiary/aromatic N) is 1. The fourth-order valence-electron chi connectivity index (χ4n) is 2.72. The molecule has 0 aliphatic rings. The predicted octanol–water partition coefficient (Wildman–Crippen LogP) is 6.00. The largest absolute Gasteiger partial charge is 0.332 e. The van der Waals surface area contributed by atoms with Crippen LogP contribution in [-0.2, 0) is 4.74 Å². The number of quaternary nitrogens is 1. The van der Waals surface area contributed by atoms with Gasteiger partial charge in [-0.05, 0) is 25.2 Å². The molecule has 0 spiro atoms. The van der Waals surface area contributed by atoms with Gasteiger partial charge in [0.05, 0.1) is 27.2 Å². The van der Waals surface area contributed by atoms with Crippen molar-refractivity contribution < 1.29 is 9.22 Å². The van der Waals surface area contributed by atoms with Crippen LogP contribution in [0.15, 0.2) is 0 Å². The first-order valence-electron chi connectivity index (χ1n) is 9.87. The summed E-state index contributed by atoms with van der Waals surface area (Å²) in [6.45, 7) is 9.83. The molecule has 22 heavy (non-hydrogen) atoms. The first kappa shape index (κ1) is 21.9. The summed E-state index contributed by atoms with van der Waals surface area (Å²) >= 11 is 0. The third-order valence-electron chi connectivity index (χ3n) is 4.40. The topological polar surface area (TPSA) is 9.23 Å². The minimum Gasteiger partial charge on any atom is -0.332 e. The molecule has 0 aliphatic heterocycles. The molecule has 0 aromatic rings. The zero-order valence-electron chi connectivity index (χ0n) is 16.3. The summed E-state index contributed by atoms with van der Waals surface area (Å²) in [5.41, 5.74) is 0. The maximum atomic E-state index is 5.82. The SMILES string of the molecule is CCCCCCCCCCCC[N+](C)(C)COCCC(C)C. The zero-order chi connectivity index (χ0) is 16.7. The standard InChI is InChI=1S/C20H44NO/c1-6-7-8-9-10-11-12-13-14-15-17-21(4,5)19-22-18-16-20(2)3/h20H,6-19H2,1-5H3/q+1. The van der Waals surface area contributed by atoms with E-state index in [2.05, 4.69) is 34.9 Å². The third-order valence-corrected chi connectivity index (χ3v) is 4.40. The Morgan fingerprint density at radius 1 is 0.773 bits per heavy atom. The maximum Gasteiger partial charge on any atom is 0.182 e. The van der Waals surface area contributed by atoms with Crippen molar-refractivity contribution >= 4 is 0 Å². The van der Waals surface area contributed by atoms with E-state index < -0.39 is 0 Å². The van der Waals surface area contributed by atoms with Crippen LogP contribution in [0.3, 0.4) is 0 Å². The van der Waals surface area contributed by atoms with Crippen LogP contribution >= 0.6 is 0 Å². The van der Waals surface area contributed by atoms with Crippen LogP contribution in [0, 0.1) is 5.92 Å². The van der Waals surface area contributed by atoms with Crippen LogP contribution in [0.1, 0.15) is 91.4 Å². The van der Waals surface area contributed by atoms with Gasteiger partial charge in [0, 0.05) is 0 Å². The Labute approximate surface area is 141 Å². The van der Waals surface area contributed by atoms with Crippen molar-refractivity contribution in [3.8, 4) is 0 Å². The molecule has 0 aliphatic carbocycles. The second-order valence-corrected chi connectivity index (χ2v) is 8.06. The second kappa shape index (κ2) is 14.5. The van der Waals surface area contributed by atoms with Crippen LogP contribution in [0.5, 0.6) is 0 Å². The monoisotopic (exact) mass is 314 g/mol. The highest BCUT2D eigenvalue weighted by Gasteiger charge is 2.14. The quantitative estimate of drug-likeness (QED) is 0.193. The summed E-state index contributed by atoms with van der Waals surface area (Å²) in [5, 5.41) is 0. The third kappa shape index (κ3) is 16.3. The summed E-state index contributed by atoms with van der Waals surface area (Å²) in [6, 6.07) is 0. The fourth-order valence-corrected chi connectivity index (χ4v) is 2.72. The van der Waals surface area contributed by atoms with Crippen LogP contribution in [0.25, 0.3) is 0 Å². The predicted molar refractivity (Wildman–Crippen MR) is 99.1 cm³/mol. The molecule has 0 amide bonds. The van der Waals surface area contributed by atoms with E-state index in [-0.39, 0.29) is 0 Å². The molecule has 0 saturated heterocycles. The minimum atomic E-state index is 0.748. The molecule has 134 valence electrons. The highest BCUT2D eigenvalue weighted by molar-refractivity contribution is 4.47. The van der Waals surface area contributed by atoms with E-state index in [1.54, 1.807) is 0 Å². The molecule has 0 unspecified atom stereocenters. The highest BCUT2D eigenvalue weighted by atomic mass is 16.5. The van der Waals surface area contributed by atoms with Gasteiger partial charge in [-0.1, -0.05) is 72.1 Å². The minimum absolute atomic E-state index is 0.748. The normalized spacial score (nSPS) is 12.3. The average Bonchev–Trinajstić information content (AvgIpc) is 2.45. The van der Waals surface area contributed by atoms with E-state index in [4.69, 9.17) is 4.74 Å². The highest BCUT2D eigenvalue weighted by Crippen LogP contribution is 2.11. The van der Waals surface area contributed by atoms with Crippen LogP contribution in [0.4, 0.5) is 0 Å². The average molecular weight is 315 g/mol. The number of ether oxygens (including phenoxy) is 1. The Morgan fingerprint density at radius 3 is 1.77 bits per heavy atom. The molecular weight excluding hydrogens is 270 g/mol. The van der Waals surface area contributed by atoms with E-state index in [1.165, 1.54) is 77.2 Å². The molecule has 0 aromatic heterocycles. The molecular formula is C20H44NO+. The van der Waals surface area contributed by atoms with Crippen molar-refractivity contribution in [3.63, 3.8) is 0 Å². The molecule has 2 heteroatoms. The molecule has 0 radical (unpaired) electrons. The van der Waals surface area contributed by atoms with Gasteiger partial charge >= 0.3 is 0 Å². The Hall–Kier alpha value is -0.0800. The number of rotatable bonds is 16. The van der Waals surface area contributed by atoms with Crippen molar-refractivity contribution in [2.45, 2.75) is 91.4 Å². The van der Waals surface area contributed by atoms with Crippen LogP contribution in [0.2, 0.25) is 0 Å². The van der Waals surface area contributed by atoms with E-state index in [0.717, 1.165) is 23.7 Å². The lowest BCUT2D eigenvalue weighted by Crippen LogP contribution is -2.42. The van der Waals surface area contributed by atoms with Crippen LogP contribution in [-0.4, -0.2) is 38.5 Å². The second-order valence-electron chi connectivity index (χ2n) is 8.06. The lowest BCUT2D eigenvalue weighted by Gasteiger charge is -2.29. The van der Waals surface area contributed by atoms with Crippen molar-refractivity contribution in [2.75, 3.05) is 34.0 Å². The Bertz CT molecular complexity index is 226. The van der Waals surface area contributed by atoms with Gasteiger partial charge in [-0.3, -0.25) is 0 Å². The van der Waals surface area contributed by atoms with Gasteiger partial charge in [-0.15, -0.1) is 0 Å². The van der Waals surface area contributed by atoms with Crippen molar-refractivity contribution in [1.82, 2.24) is 0 Å². The van der Waals surface area contributed by atoms with Gasteiger partial charge in [0.15, 0.2) is 6.73 Å². The lowest BCUT2D eigenvalue weighted by molar-refractivity contribution is -0.910. The van der Waals surface area contributed by atoms with Crippen molar-refractivity contribution in [1.29, 1.82) is 0 Å². The van der Waals surface area contributed by atoms with E-state index >= 15 is 0 Å². The van der Waals surface area contributed by atoms with Gasteiger partial charge < -0.3 is 9.22 Å². The number of unbranched alkanes of at least 4 members (excludes halogenated alkanes) is 9. The molecule has 0 bridgehead atoms. The molecule has 0 aromatic carbocycles. The summed E-state index contributed by atoms with van der Waals surface area (Å²) in [6.07, 6.45) is 15.3. The molecule has 0 fully saturated rings. The van der Waals surface area contributed by atoms with E-state index in [0.29, 0.717) is 0 Å². The molecule has 0 saturated carbocycles.